The lowest BCUT2D eigenvalue weighted by Gasteiger charge is -2.24. The van der Waals surface area contributed by atoms with Gasteiger partial charge in [-0.1, -0.05) is 12.1 Å². The molecule has 2 nitrogen and oxygen atoms in total. The number of rotatable bonds is 5. The van der Waals surface area contributed by atoms with E-state index < -0.39 is 35.1 Å². The van der Waals surface area contributed by atoms with Gasteiger partial charge in [-0.3, -0.25) is 0 Å². The maximum Gasteiger partial charge on any atom is 0.386 e. The van der Waals surface area contributed by atoms with Crippen molar-refractivity contribution in [1.82, 2.24) is 0 Å². The van der Waals surface area contributed by atoms with E-state index >= 15 is 0 Å². The van der Waals surface area contributed by atoms with Crippen LogP contribution in [-0.2, 0) is 6.42 Å². The van der Waals surface area contributed by atoms with E-state index in [0.717, 1.165) is 13.2 Å². The first-order chi connectivity index (χ1) is 11.0. The quantitative estimate of drug-likeness (QED) is 0.552. The van der Waals surface area contributed by atoms with Gasteiger partial charge in [-0.25, -0.2) is 4.39 Å². The van der Waals surface area contributed by atoms with Crippen molar-refractivity contribution in [1.29, 1.82) is 0 Å². The predicted octanol–water partition coefficient (Wildman–Crippen LogP) is 4.90. The first kappa shape index (κ1) is 18.2. The zero-order valence-electron chi connectivity index (χ0n) is 12.2. The van der Waals surface area contributed by atoms with Gasteiger partial charge in [0.05, 0.1) is 7.11 Å². The summed E-state index contributed by atoms with van der Waals surface area (Å²) >= 11 is 0. The van der Waals surface area contributed by atoms with E-state index in [1.165, 1.54) is 18.2 Å². The number of allylic oxidation sites excluding steroid dienone is 3. The highest BCUT2D eigenvalue weighted by Crippen LogP contribution is 2.59. The van der Waals surface area contributed by atoms with E-state index in [9.17, 15) is 30.7 Å². The highest BCUT2D eigenvalue weighted by molar-refractivity contribution is 5.46. The molecule has 0 heterocycles. The summed E-state index contributed by atoms with van der Waals surface area (Å²) in [6.07, 6.45) is 1.88. The summed E-state index contributed by atoms with van der Waals surface area (Å²) in [4.78, 5) is 0. The van der Waals surface area contributed by atoms with Gasteiger partial charge in [0, 0.05) is 0 Å². The van der Waals surface area contributed by atoms with Crippen molar-refractivity contribution < 1.29 is 40.2 Å². The van der Waals surface area contributed by atoms with Crippen LogP contribution in [0, 0.1) is 0 Å². The molecule has 9 heteroatoms. The minimum atomic E-state index is -5.95. The molecule has 0 atom stereocenters. The van der Waals surface area contributed by atoms with Crippen LogP contribution in [0.1, 0.15) is 5.56 Å². The van der Waals surface area contributed by atoms with E-state index in [2.05, 4.69) is 11.3 Å². The lowest BCUT2D eigenvalue weighted by Crippen LogP contribution is -2.49. The van der Waals surface area contributed by atoms with Crippen molar-refractivity contribution in [2.24, 2.45) is 0 Å². The number of ether oxygens (including phenoxy) is 2. The molecule has 1 aliphatic rings. The van der Waals surface area contributed by atoms with Crippen LogP contribution in [0.5, 0.6) is 11.5 Å². The molecule has 0 fully saturated rings. The summed E-state index contributed by atoms with van der Waals surface area (Å²) < 4.78 is 102. The minimum Gasteiger partial charge on any atom is -0.493 e. The van der Waals surface area contributed by atoms with Crippen molar-refractivity contribution >= 4 is 0 Å². The molecule has 0 spiro atoms. The number of methoxy groups -OCH3 is 1. The van der Waals surface area contributed by atoms with Crippen LogP contribution >= 0.6 is 0 Å². The normalized spacial score (nSPS) is 20.8. The van der Waals surface area contributed by atoms with Crippen LogP contribution in [0.3, 0.4) is 0 Å². The van der Waals surface area contributed by atoms with Gasteiger partial charge in [-0.2, -0.15) is 26.3 Å². The van der Waals surface area contributed by atoms with E-state index in [0.29, 0.717) is 12.0 Å². The van der Waals surface area contributed by atoms with Crippen LogP contribution in [0.15, 0.2) is 42.4 Å². The molecule has 24 heavy (non-hydrogen) atoms. The van der Waals surface area contributed by atoms with Gasteiger partial charge < -0.3 is 9.47 Å². The molecular weight excluding hydrogens is 345 g/mol. The van der Waals surface area contributed by atoms with Crippen LogP contribution in [0.2, 0.25) is 0 Å². The smallest absolute Gasteiger partial charge is 0.386 e. The maximum absolute atomic E-state index is 13.5. The Balaban J connectivity index is 2.47. The molecule has 0 aromatic heterocycles. The number of hydrogen-bond donors (Lipinski definition) is 0. The van der Waals surface area contributed by atoms with Gasteiger partial charge in [-0.05, 0) is 24.1 Å². The second-order valence-electron chi connectivity index (χ2n) is 4.95. The number of benzene rings is 1. The molecule has 0 bridgehead atoms. The second-order valence-corrected chi connectivity index (χ2v) is 4.95. The summed E-state index contributed by atoms with van der Waals surface area (Å²) in [7, 11) is 1.11. The van der Waals surface area contributed by atoms with Gasteiger partial charge in [-0.15, -0.1) is 6.58 Å². The standard InChI is InChI=1S/C15H11F7O2/c1-3-4-8-5-6-9(10(7-8)23-2)24-12-11(16)13(17,18)15(21,22)14(12,19)20/h3,5-7H,1,4H2,2H3. The molecule has 0 N–H and O–H groups in total. The molecule has 0 amide bonds. The largest absolute Gasteiger partial charge is 0.493 e. The average Bonchev–Trinajstić information content (AvgIpc) is 2.59. The van der Waals surface area contributed by atoms with Crippen molar-refractivity contribution in [3.63, 3.8) is 0 Å². The predicted molar refractivity (Wildman–Crippen MR) is 70.5 cm³/mol. The molecule has 0 radical (unpaired) electrons. The Bertz CT molecular complexity index is 695. The average molecular weight is 356 g/mol. The van der Waals surface area contributed by atoms with E-state index in [1.807, 2.05) is 0 Å². The van der Waals surface area contributed by atoms with Crippen molar-refractivity contribution in [3.8, 4) is 11.5 Å². The third kappa shape index (κ3) is 2.42. The SMILES string of the molecule is C=CCc1ccc(OC2=C(F)C(F)(F)C(F)(F)C2(F)F)c(OC)c1. The number of alkyl halides is 6. The zero-order chi connectivity index (χ0) is 18.3. The fourth-order valence-electron chi connectivity index (χ4n) is 2.07. The summed E-state index contributed by atoms with van der Waals surface area (Å²) in [6.45, 7) is 3.48. The zero-order valence-corrected chi connectivity index (χ0v) is 12.2. The first-order valence-electron chi connectivity index (χ1n) is 6.50. The van der Waals surface area contributed by atoms with Crippen LogP contribution in [-0.4, -0.2) is 24.9 Å². The summed E-state index contributed by atoms with van der Waals surface area (Å²) in [6, 6.07) is 3.64. The van der Waals surface area contributed by atoms with Gasteiger partial charge in [0.25, 0.3) is 0 Å². The van der Waals surface area contributed by atoms with Gasteiger partial charge in [0.2, 0.25) is 11.6 Å². The Labute approximate surface area is 132 Å². The third-order valence-corrected chi connectivity index (χ3v) is 3.37. The second kappa shape index (κ2) is 5.71. The molecule has 0 aliphatic heterocycles. The summed E-state index contributed by atoms with van der Waals surface area (Å²) in [5.41, 5.74) is 0.595. The Morgan fingerprint density at radius 3 is 2.12 bits per heavy atom. The lowest BCUT2D eigenvalue weighted by atomic mass is 10.1. The summed E-state index contributed by atoms with van der Waals surface area (Å²) in [5, 5.41) is 0. The van der Waals surface area contributed by atoms with Crippen molar-refractivity contribution in [2.75, 3.05) is 7.11 Å². The molecule has 0 saturated carbocycles. The van der Waals surface area contributed by atoms with Gasteiger partial charge in [0.1, 0.15) is 0 Å². The lowest BCUT2D eigenvalue weighted by molar-refractivity contribution is -0.272. The topological polar surface area (TPSA) is 18.5 Å². The number of halogens is 7. The van der Waals surface area contributed by atoms with Gasteiger partial charge >= 0.3 is 17.8 Å². The fourth-order valence-corrected chi connectivity index (χ4v) is 2.07. The van der Waals surface area contributed by atoms with E-state index in [-0.39, 0.29) is 5.75 Å². The molecule has 132 valence electrons. The minimum absolute atomic E-state index is 0.219. The number of hydrogen-bond acceptors (Lipinski definition) is 2. The first-order valence-corrected chi connectivity index (χ1v) is 6.50. The molecule has 0 unspecified atom stereocenters. The monoisotopic (exact) mass is 356 g/mol. The van der Waals surface area contributed by atoms with E-state index in [4.69, 9.17) is 4.74 Å². The molecule has 2 rings (SSSR count). The molecule has 1 aromatic carbocycles. The summed E-state index contributed by atoms with van der Waals surface area (Å²) in [5.74, 6) is -23.4. The Kier molecular flexibility index (Phi) is 4.32. The highest BCUT2D eigenvalue weighted by atomic mass is 19.3. The molecule has 1 aliphatic carbocycles. The molecule has 1 aromatic rings. The molecule has 0 saturated heterocycles. The van der Waals surface area contributed by atoms with Crippen LogP contribution < -0.4 is 9.47 Å². The van der Waals surface area contributed by atoms with E-state index in [1.54, 1.807) is 0 Å². The van der Waals surface area contributed by atoms with Crippen LogP contribution in [0.25, 0.3) is 0 Å². The maximum atomic E-state index is 13.5. The van der Waals surface area contributed by atoms with Crippen molar-refractivity contribution in [3.05, 3.63) is 48.0 Å². The molecular formula is C15H11F7O2. The highest BCUT2D eigenvalue weighted by Gasteiger charge is 2.82. The Morgan fingerprint density at radius 1 is 1.04 bits per heavy atom. The van der Waals surface area contributed by atoms with Crippen LogP contribution in [0.4, 0.5) is 30.7 Å². The Hall–Kier alpha value is -2.19. The fraction of sp³-hybridized carbons (Fsp3) is 0.333. The third-order valence-electron chi connectivity index (χ3n) is 3.37. The Morgan fingerprint density at radius 2 is 1.67 bits per heavy atom. The van der Waals surface area contributed by atoms with Crippen molar-refractivity contribution in [2.45, 2.75) is 24.2 Å². The van der Waals surface area contributed by atoms with Gasteiger partial charge in [0.15, 0.2) is 11.5 Å².